The summed E-state index contributed by atoms with van der Waals surface area (Å²) in [6, 6.07) is 8.49. The first-order valence-corrected chi connectivity index (χ1v) is 10.5. The Balaban J connectivity index is 1.48. The number of amides is 3. The van der Waals surface area contributed by atoms with Crippen LogP contribution in [0.1, 0.15) is 56.2 Å². The van der Waals surface area contributed by atoms with E-state index < -0.39 is 11.8 Å². The minimum atomic E-state index is -0.524. The molecule has 3 amide bonds. The Morgan fingerprint density at radius 2 is 1.71 bits per heavy atom. The lowest BCUT2D eigenvalue weighted by Crippen LogP contribution is -2.46. The van der Waals surface area contributed by atoms with Crippen LogP contribution in [0.2, 0.25) is 5.02 Å². The second kappa shape index (κ2) is 9.71. The molecule has 0 saturated carbocycles. The van der Waals surface area contributed by atoms with Gasteiger partial charge < -0.3 is 5.32 Å². The molecule has 0 saturated heterocycles. The van der Waals surface area contributed by atoms with Gasteiger partial charge in [0.1, 0.15) is 0 Å². The summed E-state index contributed by atoms with van der Waals surface area (Å²) in [7, 11) is 0. The van der Waals surface area contributed by atoms with Gasteiger partial charge in [-0.05, 0) is 49.4 Å². The van der Waals surface area contributed by atoms with Gasteiger partial charge in [-0.3, -0.25) is 25.2 Å². The van der Waals surface area contributed by atoms with Gasteiger partial charge in [0.2, 0.25) is 0 Å². The van der Waals surface area contributed by atoms with Crippen LogP contribution in [0.4, 0.5) is 0 Å². The van der Waals surface area contributed by atoms with Crippen LogP contribution in [0.3, 0.4) is 0 Å². The molecule has 148 valence electrons. The van der Waals surface area contributed by atoms with Gasteiger partial charge in [-0.25, -0.2) is 0 Å². The number of carbonyl (C=O) groups is 3. The van der Waals surface area contributed by atoms with Crippen molar-refractivity contribution in [1.82, 2.24) is 16.2 Å². The van der Waals surface area contributed by atoms with Gasteiger partial charge in [-0.2, -0.15) is 0 Å². The summed E-state index contributed by atoms with van der Waals surface area (Å²) in [5, 5.41) is 2.78. The Morgan fingerprint density at radius 1 is 0.964 bits per heavy atom. The van der Waals surface area contributed by atoms with Crippen molar-refractivity contribution >= 4 is 40.7 Å². The molecule has 1 heterocycles. The van der Waals surface area contributed by atoms with Gasteiger partial charge in [0, 0.05) is 4.88 Å². The Kier molecular flexibility index (Phi) is 7.06. The standard InChI is InChI=1S/C20H22ClN3O3S/c21-15-9-6-5-8-14(15)19(26)22-12-18(25)23-24-20(27)17-11-13-7-3-1-2-4-10-16(13)28-17/h5-6,8-9,11H,1-4,7,10,12H2,(H,22,26)(H,23,25)(H,24,27). The molecule has 0 atom stereocenters. The van der Waals surface area contributed by atoms with E-state index >= 15 is 0 Å². The fraction of sp³-hybridized carbons (Fsp3) is 0.350. The van der Waals surface area contributed by atoms with E-state index in [1.165, 1.54) is 34.6 Å². The molecule has 6 nitrogen and oxygen atoms in total. The number of aryl methyl sites for hydroxylation is 2. The average Bonchev–Trinajstić information content (AvgIpc) is 3.06. The summed E-state index contributed by atoms with van der Waals surface area (Å²) < 4.78 is 0. The van der Waals surface area contributed by atoms with E-state index in [0.717, 1.165) is 25.7 Å². The van der Waals surface area contributed by atoms with Gasteiger partial charge >= 0.3 is 0 Å². The Morgan fingerprint density at radius 3 is 2.50 bits per heavy atom. The molecular weight excluding hydrogens is 398 g/mol. The first-order valence-electron chi connectivity index (χ1n) is 9.28. The predicted molar refractivity (Wildman–Crippen MR) is 110 cm³/mol. The zero-order valence-corrected chi connectivity index (χ0v) is 16.9. The van der Waals surface area contributed by atoms with Gasteiger partial charge in [-0.15, -0.1) is 11.3 Å². The highest BCUT2D eigenvalue weighted by Crippen LogP contribution is 2.28. The molecule has 1 aromatic carbocycles. The molecule has 0 unspecified atom stereocenters. The lowest BCUT2D eigenvalue weighted by atomic mass is 10.00. The van der Waals surface area contributed by atoms with E-state index in [1.54, 1.807) is 24.3 Å². The first-order chi connectivity index (χ1) is 13.5. The molecule has 0 aliphatic heterocycles. The molecule has 0 radical (unpaired) electrons. The van der Waals surface area contributed by atoms with Gasteiger partial charge in [0.15, 0.2) is 0 Å². The van der Waals surface area contributed by atoms with Gasteiger partial charge in [-0.1, -0.05) is 36.6 Å². The number of hydrogen-bond donors (Lipinski definition) is 3. The molecular formula is C20H22ClN3O3S. The Bertz CT molecular complexity index is 856. The first kappa shape index (κ1) is 20.4. The van der Waals surface area contributed by atoms with E-state index in [0.29, 0.717) is 9.90 Å². The van der Waals surface area contributed by atoms with Crippen LogP contribution in [0, 0.1) is 0 Å². The minimum Gasteiger partial charge on any atom is -0.343 e. The number of rotatable bonds is 4. The molecule has 3 N–H and O–H groups in total. The maximum absolute atomic E-state index is 12.3. The maximum Gasteiger partial charge on any atom is 0.279 e. The number of nitrogens with one attached hydrogen (secondary N) is 3. The van der Waals surface area contributed by atoms with Crippen LogP contribution in [0.15, 0.2) is 30.3 Å². The fourth-order valence-electron chi connectivity index (χ4n) is 3.09. The van der Waals surface area contributed by atoms with Crippen LogP contribution in [-0.2, 0) is 17.6 Å². The van der Waals surface area contributed by atoms with Crippen LogP contribution in [-0.4, -0.2) is 24.3 Å². The van der Waals surface area contributed by atoms with Crippen LogP contribution >= 0.6 is 22.9 Å². The zero-order chi connectivity index (χ0) is 19.9. The lowest BCUT2D eigenvalue weighted by Gasteiger charge is -2.08. The number of halogens is 1. The third kappa shape index (κ3) is 5.33. The highest BCUT2D eigenvalue weighted by molar-refractivity contribution is 7.14. The molecule has 8 heteroatoms. The SMILES string of the molecule is O=C(CNC(=O)c1ccccc1Cl)NNC(=O)c1cc2c(s1)CCCCCC2. The third-order valence-corrected chi connectivity index (χ3v) is 6.13. The van der Waals surface area contributed by atoms with Crippen molar-refractivity contribution < 1.29 is 14.4 Å². The number of thiophene rings is 1. The molecule has 28 heavy (non-hydrogen) atoms. The molecule has 1 aliphatic carbocycles. The highest BCUT2D eigenvalue weighted by Gasteiger charge is 2.17. The quantitative estimate of drug-likeness (QED) is 0.665. The van der Waals surface area contributed by atoms with E-state index in [9.17, 15) is 14.4 Å². The lowest BCUT2D eigenvalue weighted by molar-refractivity contribution is -0.120. The number of hydrazine groups is 1. The molecule has 0 fully saturated rings. The minimum absolute atomic E-state index is 0.273. The summed E-state index contributed by atoms with van der Waals surface area (Å²) in [4.78, 5) is 38.1. The topological polar surface area (TPSA) is 87.3 Å². The van der Waals surface area contributed by atoms with Crippen molar-refractivity contribution in [2.45, 2.75) is 38.5 Å². The van der Waals surface area contributed by atoms with E-state index in [4.69, 9.17) is 11.6 Å². The third-order valence-electron chi connectivity index (χ3n) is 4.56. The van der Waals surface area contributed by atoms with E-state index in [2.05, 4.69) is 16.2 Å². The van der Waals surface area contributed by atoms with Crippen molar-refractivity contribution in [3.63, 3.8) is 0 Å². The predicted octanol–water partition coefficient (Wildman–Crippen LogP) is 3.25. The largest absolute Gasteiger partial charge is 0.343 e. The smallest absolute Gasteiger partial charge is 0.279 e. The van der Waals surface area contributed by atoms with Crippen LogP contribution < -0.4 is 16.2 Å². The zero-order valence-electron chi connectivity index (χ0n) is 15.3. The summed E-state index contributed by atoms with van der Waals surface area (Å²) in [5.74, 6) is -1.32. The summed E-state index contributed by atoms with van der Waals surface area (Å²) >= 11 is 7.44. The van der Waals surface area contributed by atoms with Crippen LogP contribution in [0.5, 0.6) is 0 Å². The molecule has 2 aromatic rings. The fourth-order valence-corrected chi connectivity index (χ4v) is 4.46. The monoisotopic (exact) mass is 419 g/mol. The number of carbonyl (C=O) groups excluding carboxylic acids is 3. The second-order valence-electron chi connectivity index (χ2n) is 6.64. The number of fused-ring (bicyclic) bond motifs is 1. The Labute approximate surface area is 172 Å². The van der Waals surface area contributed by atoms with Crippen molar-refractivity contribution in [3.8, 4) is 0 Å². The summed E-state index contributed by atoms with van der Waals surface area (Å²) in [6.07, 6.45) is 6.76. The molecule has 0 spiro atoms. The van der Waals surface area contributed by atoms with Crippen molar-refractivity contribution in [1.29, 1.82) is 0 Å². The van der Waals surface area contributed by atoms with Gasteiger partial charge in [0.25, 0.3) is 17.7 Å². The highest BCUT2D eigenvalue weighted by atomic mass is 35.5. The summed E-state index contributed by atoms with van der Waals surface area (Å²) in [6.45, 7) is -0.273. The van der Waals surface area contributed by atoms with E-state index in [-0.39, 0.29) is 18.0 Å². The maximum atomic E-state index is 12.3. The number of hydrogen-bond acceptors (Lipinski definition) is 4. The molecule has 3 rings (SSSR count). The number of benzene rings is 1. The molecule has 0 bridgehead atoms. The average molecular weight is 420 g/mol. The Hall–Kier alpha value is -2.38. The van der Waals surface area contributed by atoms with Crippen molar-refractivity contribution in [3.05, 3.63) is 56.2 Å². The second-order valence-corrected chi connectivity index (χ2v) is 8.18. The van der Waals surface area contributed by atoms with Crippen LogP contribution in [0.25, 0.3) is 0 Å². The van der Waals surface area contributed by atoms with Crippen molar-refractivity contribution in [2.75, 3.05) is 6.54 Å². The van der Waals surface area contributed by atoms with Gasteiger partial charge in [0.05, 0.1) is 22.0 Å². The molecule has 1 aliphatic rings. The summed E-state index contributed by atoms with van der Waals surface area (Å²) in [5.41, 5.74) is 6.27. The normalized spacial score (nSPS) is 13.6. The van der Waals surface area contributed by atoms with E-state index in [1.807, 2.05) is 6.07 Å². The molecule has 1 aromatic heterocycles. The van der Waals surface area contributed by atoms with Crippen molar-refractivity contribution in [2.24, 2.45) is 0 Å².